The molecule has 0 aliphatic carbocycles. The fourth-order valence-electron chi connectivity index (χ4n) is 5.36. The van der Waals surface area contributed by atoms with Crippen LogP contribution in [0.4, 0.5) is 0 Å². The quantitative estimate of drug-likeness (QED) is 0.103. The Kier molecular flexibility index (Phi) is 10.7. The van der Waals surface area contributed by atoms with E-state index in [1.165, 1.54) is 57.7 Å². The first kappa shape index (κ1) is 35.5. The number of phenols is 3. The summed E-state index contributed by atoms with van der Waals surface area (Å²) in [5.41, 5.74) is -0.210. The Hall–Kier alpha value is -4.81. The van der Waals surface area contributed by atoms with Crippen molar-refractivity contribution in [3.05, 3.63) is 64.3 Å². The maximum atomic E-state index is 12.9. The normalized spacial score (nSPS) is 22.0. The molecule has 0 saturated carbocycles. The Balaban J connectivity index is 1.53. The van der Waals surface area contributed by atoms with Crippen LogP contribution in [0.2, 0.25) is 0 Å². The van der Waals surface area contributed by atoms with Crippen LogP contribution in [0, 0.1) is 0 Å². The van der Waals surface area contributed by atoms with Gasteiger partial charge in [0.1, 0.15) is 58.7 Å². The van der Waals surface area contributed by atoms with Gasteiger partial charge in [-0.25, -0.2) is 0 Å². The van der Waals surface area contributed by atoms with Gasteiger partial charge in [-0.3, -0.25) is 4.79 Å². The SMILES string of the molecule is COc1cc([C@@H](O)[C@H](CO[C@@H]2O[C@H](CO)[C@@H](O)[C@H](O)[C@H]2O)Oc2c(OC)cc(-c3cc(=O)c4c(O)cc(O)cc4o3)cc2OC)ccc1O. The van der Waals surface area contributed by atoms with Gasteiger partial charge in [0, 0.05) is 23.8 Å². The number of benzene rings is 3. The lowest BCUT2D eigenvalue weighted by Gasteiger charge is -2.40. The molecule has 16 nitrogen and oxygen atoms in total. The molecule has 1 aromatic heterocycles. The number of hydrogen-bond donors (Lipinski definition) is 8. The third-order valence-electron chi connectivity index (χ3n) is 7.98. The van der Waals surface area contributed by atoms with Crippen molar-refractivity contribution < 1.29 is 73.7 Å². The molecule has 2 heterocycles. The van der Waals surface area contributed by atoms with Gasteiger partial charge in [-0.05, 0) is 29.8 Å². The minimum atomic E-state index is -1.74. The highest BCUT2D eigenvalue weighted by atomic mass is 16.7. The van der Waals surface area contributed by atoms with E-state index in [1.54, 1.807) is 0 Å². The molecule has 0 spiro atoms. The van der Waals surface area contributed by atoms with Crippen molar-refractivity contribution in [3.63, 3.8) is 0 Å². The van der Waals surface area contributed by atoms with Crippen LogP contribution in [0.5, 0.6) is 40.2 Å². The third kappa shape index (κ3) is 7.16. The lowest BCUT2D eigenvalue weighted by atomic mass is 9.99. The molecule has 7 atom stereocenters. The number of rotatable bonds is 12. The standard InChI is InChI=1S/C33H36O16/c1-43-21-6-14(4-5-17(21)36)28(39)26(13-46-33-31(42)30(41)29(40)25(12-34)49-33)48-32-23(44-2)7-15(8-24(32)45-3)20-11-19(38)27-18(37)9-16(35)10-22(27)47-20/h4-11,25-26,28-31,33-37,39-42H,12-13H2,1-3H3/t25-,26+,28-,29-,30+,31-,33-/m1/s1. The van der Waals surface area contributed by atoms with Gasteiger partial charge in [0.15, 0.2) is 40.8 Å². The highest BCUT2D eigenvalue weighted by molar-refractivity contribution is 5.86. The molecule has 264 valence electrons. The molecule has 1 saturated heterocycles. The second kappa shape index (κ2) is 14.8. The fraction of sp³-hybridized carbons (Fsp3) is 0.364. The Morgan fingerprint density at radius 2 is 1.49 bits per heavy atom. The average molecular weight is 689 g/mol. The number of aliphatic hydroxyl groups is 5. The Labute approximate surface area is 278 Å². The highest BCUT2D eigenvalue weighted by Gasteiger charge is 2.44. The molecule has 5 rings (SSSR count). The second-order valence-corrected chi connectivity index (χ2v) is 11.1. The van der Waals surface area contributed by atoms with Gasteiger partial charge in [0.2, 0.25) is 5.75 Å². The van der Waals surface area contributed by atoms with Crippen molar-refractivity contribution in [3.8, 4) is 51.6 Å². The van der Waals surface area contributed by atoms with Crippen LogP contribution in [-0.4, -0.2) is 112 Å². The van der Waals surface area contributed by atoms with Crippen molar-refractivity contribution in [2.75, 3.05) is 34.5 Å². The van der Waals surface area contributed by atoms with E-state index < -0.39 is 67.3 Å². The first-order valence-corrected chi connectivity index (χ1v) is 14.8. The Morgan fingerprint density at radius 1 is 0.816 bits per heavy atom. The fourth-order valence-corrected chi connectivity index (χ4v) is 5.36. The molecule has 0 bridgehead atoms. The largest absolute Gasteiger partial charge is 0.508 e. The first-order valence-electron chi connectivity index (χ1n) is 14.8. The lowest BCUT2D eigenvalue weighted by Crippen LogP contribution is -2.59. The molecule has 1 aliphatic heterocycles. The summed E-state index contributed by atoms with van der Waals surface area (Å²) in [6, 6.07) is 10.3. The molecule has 49 heavy (non-hydrogen) atoms. The van der Waals surface area contributed by atoms with Gasteiger partial charge in [0.05, 0.1) is 34.5 Å². The summed E-state index contributed by atoms with van der Waals surface area (Å²) in [5.74, 6) is -0.916. The zero-order valence-electron chi connectivity index (χ0n) is 26.4. The molecule has 16 heteroatoms. The van der Waals surface area contributed by atoms with Crippen LogP contribution < -0.4 is 24.4 Å². The van der Waals surface area contributed by atoms with Gasteiger partial charge in [-0.1, -0.05) is 6.07 Å². The molecule has 1 fully saturated rings. The van der Waals surface area contributed by atoms with Gasteiger partial charge in [0.25, 0.3) is 0 Å². The van der Waals surface area contributed by atoms with Crippen molar-refractivity contribution in [2.45, 2.75) is 42.9 Å². The summed E-state index contributed by atoms with van der Waals surface area (Å²) < 4.78 is 39.5. The molecular formula is C33H36O16. The van der Waals surface area contributed by atoms with Gasteiger partial charge in [-0.15, -0.1) is 0 Å². The van der Waals surface area contributed by atoms with Crippen LogP contribution in [0.25, 0.3) is 22.3 Å². The first-order chi connectivity index (χ1) is 23.4. The Morgan fingerprint density at radius 3 is 2.12 bits per heavy atom. The van der Waals surface area contributed by atoms with Crippen molar-refractivity contribution >= 4 is 11.0 Å². The molecule has 0 amide bonds. The smallest absolute Gasteiger partial charge is 0.204 e. The maximum Gasteiger partial charge on any atom is 0.204 e. The number of aliphatic hydroxyl groups excluding tert-OH is 5. The van der Waals surface area contributed by atoms with Crippen LogP contribution in [0.3, 0.4) is 0 Å². The number of methoxy groups -OCH3 is 3. The summed E-state index contributed by atoms with van der Waals surface area (Å²) in [7, 11) is 3.96. The lowest BCUT2D eigenvalue weighted by molar-refractivity contribution is -0.305. The summed E-state index contributed by atoms with van der Waals surface area (Å²) in [6.45, 7) is -1.23. The van der Waals surface area contributed by atoms with Crippen molar-refractivity contribution in [1.29, 1.82) is 0 Å². The molecular weight excluding hydrogens is 652 g/mol. The molecule has 8 N–H and O–H groups in total. The predicted molar refractivity (Wildman–Crippen MR) is 168 cm³/mol. The van der Waals surface area contributed by atoms with E-state index in [0.29, 0.717) is 0 Å². The third-order valence-corrected chi connectivity index (χ3v) is 7.98. The summed E-state index contributed by atoms with van der Waals surface area (Å²) in [5, 5.41) is 82.0. The zero-order valence-corrected chi connectivity index (χ0v) is 26.4. The number of ether oxygens (including phenoxy) is 6. The Bertz CT molecular complexity index is 1810. The van der Waals surface area contributed by atoms with Crippen molar-refractivity contribution in [2.24, 2.45) is 0 Å². The predicted octanol–water partition coefficient (Wildman–Crippen LogP) is 0.900. The molecule has 3 aromatic carbocycles. The molecule has 1 aliphatic rings. The van der Waals surface area contributed by atoms with E-state index in [2.05, 4.69) is 0 Å². The average Bonchev–Trinajstić information content (AvgIpc) is 3.08. The van der Waals surface area contributed by atoms with Gasteiger partial charge >= 0.3 is 0 Å². The van der Waals surface area contributed by atoms with E-state index in [1.807, 2.05) is 0 Å². The topological polar surface area (TPSA) is 247 Å². The van der Waals surface area contributed by atoms with Crippen LogP contribution in [0.1, 0.15) is 11.7 Å². The molecule has 0 unspecified atom stereocenters. The van der Waals surface area contributed by atoms with Crippen molar-refractivity contribution in [1.82, 2.24) is 0 Å². The van der Waals surface area contributed by atoms with Crippen LogP contribution in [0.15, 0.2) is 57.7 Å². The van der Waals surface area contributed by atoms with Crippen LogP contribution >= 0.6 is 0 Å². The number of phenolic OH excluding ortho intramolecular Hbond substituents is 3. The molecule has 4 aromatic rings. The van der Waals surface area contributed by atoms with E-state index in [9.17, 15) is 45.6 Å². The van der Waals surface area contributed by atoms with Gasteiger partial charge < -0.3 is 73.7 Å². The highest BCUT2D eigenvalue weighted by Crippen LogP contribution is 2.44. The number of fused-ring (bicyclic) bond motifs is 1. The number of hydrogen-bond acceptors (Lipinski definition) is 16. The van der Waals surface area contributed by atoms with E-state index in [4.69, 9.17) is 32.8 Å². The van der Waals surface area contributed by atoms with E-state index in [0.717, 1.165) is 12.1 Å². The van der Waals surface area contributed by atoms with E-state index >= 15 is 0 Å². The number of aromatic hydroxyl groups is 3. The summed E-state index contributed by atoms with van der Waals surface area (Å²) in [6.07, 6.45) is -10.8. The minimum absolute atomic E-state index is 0.0179. The van der Waals surface area contributed by atoms with Crippen LogP contribution in [-0.2, 0) is 9.47 Å². The summed E-state index contributed by atoms with van der Waals surface area (Å²) >= 11 is 0. The molecule has 0 radical (unpaired) electrons. The monoisotopic (exact) mass is 688 g/mol. The zero-order chi connectivity index (χ0) is 35.6. The van der Waals surface area contributed by atoms with Gasteiger partial charge in [-0.2, -0.15) is 0 Å². The minimum Gasteiger partial charge on any atom is -0.508 e. The van der Waals surface area contributed by atoms with E-state index in [-0.39, 0.29) is 62.4 Å². The summed E-state index contributed by atoms with van der Waals surface area (Å²) in [4.78, 5) is 12.9. The maximum absolute atomic E-state index is 12.9. The second-order valence-electron chi connectivity index (χ2n) is 11.1.